The number of aromatic nitrogens is 1. The van der Waals surface area contributed by atoms with E-state index in [4.69, 9.17) is 9.47 Å². The average Bonchev–Trinajstić information content (AvgIpc) is 2.64. The molecule has 116 valence electrons. The molecule has 1 unspecified atom stereocenters. The maximum Gasteiger partial charge on any atom is 0.410 e. The second kappa shape index (κ2) is 6.78. The first-order chi connectivity index (χ1) is 9.94. The van der Waals surface area contributed by atoms with Crippen LogP contribution in [0, 0.1) is 0 Å². The number of amides is 1. The molecule has 0 bridgehead atoms. The molecule has 5 nitrogen and oxygen atoms in total. The summed E-state index contributed by atoms with van der Waals surface area (Å²) in [5.41, 5.74) is -0.448. The van der Waals surface area contributed by atoms with Crippen molar-refractivity contribution in [2.45, 2.75) is 51.7 Å². The van der Waals surface area contributed by atoms with Gasteiger partial charge in [0.15, 0.2) is 0 Å². The van der Waals surface area contributed by atoms with E-state index in [2.05, 4.69) is 4.98 Å². The molecule has 1 aliphatic rings. The van der Waals surface area contributed by atoms with Crippen LogP contribution in [-0.4, -0.2) is 40.8 Å². The summed E-state index contributed by atoms with van der Waals surface area (Å²) in [5, 5.41) is 0. The number of rotatable bonds is 2. The van der Waals surface area contributed by atoms with Crippen LogP contribution in [0.4, 0.5) is 4.79 Å². The topological polar surface area (TPSA) is 51.7 Å². The van der Waals surface area contributed by atoms with Gasteiger partial charge in [-0.2, -0.15) is 0 Å². The van der Waals surface area contributed by atoms with Gasteiger partial charge in [-0.05, 0) is 45.7 Å². The van der Waals surface area contributed by atoms with Crippen LogP contribution in [0.5, 0.6) is 5.75 Å². The molecule has 0 aliphatic carbocycles. The minimum Gasteiger partial charge on any atom is -0.490 e. The van der Waals surface area contributed by atoms with Crippen LogP contribution in [0.3, 0.4) is 0 Å². The molecule has 1 aliphatic heterocycles. The zero-order valence-corrected chi connectivity index (χ0v) is 13.0. The third-order valence-electron chi connectivity index (χ3n) is 3.28. The molecule has 0 radical (unpaired) electrons. The number of pyridine rings is 1. The van der Waals surface area contributed by atoms with E-state index in [0.29, 0.717) is 6.54 Å². The summed E-state index contributed by atoms with van der Waals surface area (Å²) in [7, 11) is 0. The number of ether oxygens (including phenoxy) is 2. The summed E-state index contributed by atoms with van der Waals surface area (Å²) in [5.74, 6) is 0.834. The fourth-order valence-electron chi connectivity index (χ4n) is 2.30. The van der Waals surface area contributed by atoms with Crippen LogP contribution in [-0.2, 0) is 4.74 Å². The maximum absolute atomic E-state index is 12.1. The lowest BCUT2D eigenvalue weighted by atomic mass is 10.1. The summed E-state index contributed by atoms with van der Waals surface area (Å²) in [6.07, 6.45) is 6.04. The van der Waals surface area contributed by atoms with E-state index in [9.17, 15) is 4.79 Å². The van der Waals surface area contributed by atoms with Crippen molar-refractivity contribution in [3.05, 3.63) is 24.5 Å². The Bertz CT molecular complexity index is 456. The fraction of sp³-hybridized carbons (Fsp3) is 0.625. The first-order valence-corrected chi connectivity index (χ1v) is 7.49. The molecule has 0 N–H and O–H groups in total. The van der Waals surface area contributed by atoms with Crippen molar-refractivity contribution < 1.29 is 14.3 Å². The van der Waals surface area contributed by atoms with Crippen LogP contribution >= 0.6 is 0 Å². The van der Waals surface area contributed by atoms with Crippen molar-refractivity contribution in [3.63, 3.8) is 0 Å². The molecule has 21 heavy (non-hydrogen) atoms. The quantitative estimate of drug-likeness (QED) is 0.839. The largest absolute Gasteiger partial charge is 0.490 e. The van der Waals surface area contributed by atoms with Gasteiger partial charge in [0.2, 0.25) is 0 Å². The number of likely N-dealkylation sites (tertiary alicyclic amines) is 1. The van der Waals surface area contributed by atoms with Crippen molar-refractivity contribution in [1.29, 1.82) is 0 Å². The van der Waals surface area contributed by atoms with Crippen molar-refractivity contribution in [2.75, 3.05) is 13.1 Å². The monoisotopic (exact) mass is 292 g/mol. The molecule has 5 heteroatoms. The molecule has 1 atom stereocenters. The van der Waals surface area contributed by atoms with Gasteiger partial charge < -0.3 is 14.4 Å². The van der Waals surface area contributed by atoms with Gasteiger partial charge in [0, 0.05) is 31.9 Å². The summed E-state index contributed by atoms with van der Waals surface area (Å²) >= 11 is 0. The van der Waals surface area contributed by atoms with E-state index < -0.39 is 5.60 Å². The van der Waals surface area contributed by atoms with Crippen molar-refractivity contribution in [2.24, 2.45) is 0 Å². The highest BCUT2D eigenvalue weighted by atomic mass is 16.6. The van der Waals surface area contributed by atoms with Gasteiger partial charge >= 0.3 is 6.09 Å². The third-order valence-corrected chi connectivity index (χ3v) is 3.28. The first-order valence-electron chi connectivity index (χ1n) is 7.49. The van der Waals surface area contributed by atoms with Crippen LogP contribution in [0.1, 0.15) is 40.0 Å². The molecular weight excluding hydrogens is 268 g/mol. The number of carbonyl (C=O) groups is 1. The van der Waals surface area contributed by atoms with E-state index in [1.54, 1.807) is 17.3 Å². The van der Waals surface area contributed by atoms with Crippen LogP contribution in [0.2, 0.25) is 0 Å². The fourth-order valence-corrected chi connectivity index (χ4v) is 2.30. The van der Waals surface area contributed by atoms with Gasteiger partial charge in [-0.25, -0.2) is 4.79 Å². The summed E-state index contributed by atoms with van der Waals surface area (Å²) in [6.45, 7) is 7.06. The highest BCUT2D eigenvalue weighted by Gasteiger charge is 2.25. The lowest BCUT2D eigenvalue weighted by molar-refractivity contribution is 0.0252. The Balaban J connectivity index is 1.86. The van der Waals surface area contributed by atoms with Crippen molar-refractivity contribution in [1.82, 2.24) is 9.88 Å². The van der Waals surface area contributed by atoms with Gasteiger partial charge in [0.05, 0.1) is 0 Å². The average molecular weight is 292 g/mol. The first kappa shape index (κ1) is 15.6. The molecule has 1 amide bonds. The van der Waals surface area contributed by atoms with Crippen LogP contribution in [0.25, 0.3) is 0 Å². The Hall–Kier alpha value is -1.78. The highest BCUT2D eigenvalue weighted by molar-refractivity contribution is 5.68. The molecule has 0 saturated carbocycles. The smallest absolute Gasteiger partial charge is 0.410 e. The van der Waals surface area contributed by atoms with E-state index in [-0.39, 0.29) is 12.2 Å². The lowest BCUT2D eigenvalue weighted by Gasteiger charge is -2.26. The van der Waals surface area contributed by atoms with Gasteiger partial charge in [0.1, 0.15) is 17.5 Å². The number of hydrogen-bond acceptors (Lipinski definition) is 4. The minimum absolute atomic E-state index is 0.139. The predicted molar refractivity (Wildman–Crippen MR) is 80.3 cm³/mol. The molecule has 2 heterocycles. The van der Waals surface area contributed by atoms with E-state index >= 15 is 0 Å². The Morgan fingerprint density at radius 3 is 2.62 bits per heavy atom. The second-order valence-corrected chi connectivity index (χ2v) is 6.32. The zero-order chi connectivity index (χ0) is 15.3. The van der Waals surface area contributed by atoms with Gasteiger partial charge in [-0.3, -0.25) is 4.98 Å². The number of nitrogens with zero attached hydrogens (tertiary/aromatic N) is 2. The molecule has 1 saturated heterocycles. The molecule has 0 spiro atoms. The van der Waals surface area contributed by atoms with Crippen LogP contribution < -0.4 is 4.74 Å². The van der Waals surface area contributed by atoms with Crippen LogP contribution in [0.15, 0.2) is 24.5 Å². The predicted octanol–water partition coefficient (Wildman–Crippen LogP) is 3.25. The summed E-state index contributed by atoms with van der Waals surface area (Å²) < 4.78 is 11.4. The molecular formula is C16H24N2O3. The highest BCUT2D eigenvalue weighted by Crippen LogP contribution is 2.19. The summed E-state index contributed by atoms with van der Waals surface area (Å²) in [6, 6.07) is 3.72. The molecule has 1 aromatic rings. The Kier molecular flexibility index (Phi) is 5.04. The molecule has 2 rings (SSSR count). The molecule has 1 aromatic heterocycles. The van der Waals surface area contributed by atoms with Gasteiger partial charge in [-0.15, -0.1) is 0 Å². The Morgan fingerprint density at radius 2 is 1.95 bits per heavy atom. The third kappa shape index (κ3) is 5.25. The molecule has 0 aromatic carbocycles. The van der Waals surface area contributed by atoms with Gasteiger partial charge in [-0.1, -0.05) is 0 Å². The number of hydrogen-bond donors (Lipinski definition) is 0. The van der Waals surface area contributed by atoms with Crippen molar-refractivity contribution in [3.8, 4) is 5.75 Å². The lowest BCUT2D eigenvalue weighted by Crippen LogP contribution is -2.37. The zero-order valence-electron chi connectivity index (χ0n) is 13.0. The Morgan fingerprint density at radius 1 is 1.24 bits per heavy atom. The van der Waals surface area contributed by atoms with Crippen molar-refractivity contribution >= 4 is 6.09 Å². The number of carbonyl (C=O) groups excluding carboxylic acids is 1. The van der Waals surface area contributed by atoms with E-state index in [1.807, 2.05) is 32.9 Å². The SMILES string of the molecule is CC(C)(C)OC(=O)N1CCCC(Oc2ccncc2)CC1. The Labute approximate surface area is 126 Å². The summed E-state index contributed by atoms with van der Waals surface area (Å²) in [4.78, 5) is 17.8. The minimum atomic E-state index is -0.448. The van der Waals surface area contributed by atoms with E-state index in [0.717, 1.165) is 31.6 Å². The normalized spacial score (nSPS) is 19.8. The standard InChI is InChI=1S/C16H24N2O3/c1-16(2,3)21-15(19)18-11-4-5-13(8-12-18)20-14-6-9-17-10-7-14/h6-7,9-10,13H,4-5,8,11-12H2,1-3H3. The maximum atomic E-state index is 12.1. The van der Waals surface area contributed by atoms with E-state index in [1.165, 1.54) is 0 Å². The van der Waals surface area contributed by atoms with Gasteiger partial charge in [0.25, 0.3) is 0 Å². The second-order valence-electron chi connectivity index (χ2n) is 6.32. The molecule has 1 fully saturated rings.